The molecule has 0 aromatic carbocycles. The highest BCUT2D eigenvalue weighted by molar-refractivity contribution is 9.11. The Morgan fingerprint density at radius 1 is 1.64 bits per heavy atom. The van der Waals surface area contributed by atoms with Gasteiger partial charge in [-0.05, 0) is 45.8 Å². The van der Waals surface area contributed by atoms with Crippen molar-refractivity contribution in [3.05, 3.63) is 20.8 Å². The highest BCUT2D eigenvalue weighted by Gasteiger charge is 2.43. The van der Waals surface area contributed by atoms with Gasteiger partial charge >= 0.3 is 0 Å². The standard InChI is InChI=1S/C9H7BrS/c1-2-9(3-4-9)7-5-8(10)11-6-7/h1,5-6H,3-4H2. The van der Waals surface area contributed by atoms with Gasteiger partial charge in [-0.25, -0.2) is 0 Å². The lowest BCUT2D eigenvalue weighted by molar-refractivity contribution is 0.938. The SMILES string of the molecule is C#CC1(c2csc(Br)c2)CC1. The van der Waals surface area contributed by atoms with E-state index in [4.69, 9.17) is 6.42 Å². The number of terminal acetylenes is 1. The summed E-state index contributed by atoms with van der Waals surface area (Å²) in [5.74, 6) is 2.87. The van der Waals surface area contributed by atoms with Crippen molar-refractivity contribution < 1.29 is 0 Å². The second-order valence-corrected chi connectivity index (χ2v) is 5.16. The van der Waals surface area contributed by atoms with Crippen molar-refractivity contribution in [1.82, 2.24) is 0 Å². The molecule has 2 heteroatoms. The summed E-state index contributed by atoms with van der Waals surface area (Å²) in [6.45, 7) is 0. The smallest absolute Gasteiger partial charge is 0.0701 e. The van der Waals surface area contributed by atoms with E-state index in [9.17, 15) is 0 Å². The summed E-state index contributed by atoms with van der Waals surface area (Å²) >= 11 is 5.14. The van der Waals surface area contributed by atoms with Crippen LogP contribution in [0.4, 0.5) is 0 Å². The molecule has 0 amide bonds. The number of rotatable bonds is 1. The number of halogens is 1. The van der Waals surface area contributed by atoms with Gasteiger partial charge in [0.25, 0.3) is 0 Å². The fourth-order valence-corrected chi connectivity index (χ4v) is 2.46. The third-order valence-electron chi connectivity index (χ3n) is 2.15. The topological polar surface area (TPSA) is 0 Å². The van der Waals surface area contributed by atoms with Gasteiger partial charge in [0.2, 0.25) is 0 Å². The Morgan fingerprint density at radius 2 is 2.36 bits per heavy atom. The molecule has 0 radical (unpaired) electrons. The first-order valence-electron chi connectivity index (χ1n) is 3.49. The van der Waals surface area contributed by atoms with Crippen molar-refractivity contribution >= 4 is 27.3 Å². The Kier molecular flexibility index (Phi) is 1.59. The Balaban J connectivity index is 2.38. The molecule has 0 spiro atoms. The molecule has 1 fully saturated rings. The number of hydrogen-bond donors (Lipinski definition) is 0. The summed E-state index contributed by atoms with van der Waals surface area (Å²) in [4.78, 5) is 0. The minimum atomic E-state index is 0.114. The second-order valence-electron chi connectivity index (χ2n) is 2.87. The Hall–Kier alpha value is -0.260. The molecular weight excluding hydrogens is 220 g/mol. The van der Waals surface area contributed by atoms with Crippen LogP contribution in [-0.4, -0.2) is 0 Å². The first kappa shape index (κ1) is 7.39. The van der Waals surface area contributed by atoms with E-state index in [1.54, 1.807) is 11.3 Å². The van der Waals surface area contributed by atoms with Crippen LogP contribution in [0, 0.1) is 12.3 Å². The van der Waals surface area contributed by atoms with E-state index in [0.29, 0.717) is 0 Å². The number of thiophene rings is 1. The minimum Gasteiger partial charge on any atom is -0.136 e. The maximum atomic E-state index is 5.45. The van der Waals surface area contributed by atoms with E-state index in [-0.39, 0.29) is 5.41 Å². The minimum absolute atomic E-state index is 0.114. The molecule has 2 rings (SSSR count). The summed E-state index contributed by atoms with van der Waals surface area (Å²) in [6.07, 6.45) is 7.77. The van der Waals surface area contributed by atoms with Gasteiger partial charge < -0.3 is 0 Å². The summed E-state index contributed by atoms with van der Waals surface area (Å²) in [5.41, 5.74) is 1.43. The lowest BCUT2D eigenvalue weighted by Crippen LogP contribution is -1.99. The van der Waals surface area contributed by atoms with Gasteiger partial charge in [-0.2, -0.15) is 0 Å². The molecule has 0 bridgehead atoms. The van der Waals surface area contributed by atoms with Gasteiger partial charge in [0, 0.05) is 0 Å². The Morgan fingerprint density at radius 3 is 2.73 bits per heavy atom. The van der Waals surface area contributed by atoms with E-state index in [2.05, 4.69) is 33.3 Å². The first-order chi connectivity index (χ1) is 5.27. The quantitative estimate of drug-likeness (QED) is 0.646. The molecule has 0 unspecified atom stereocenters. The fourth-order valence-electron chi connectivity index (χ4n) is 1.20. The average molecular weight is 227 g/mol. The van der Waals surface area contributed by atoms with Crippen molar-refractivity contribution in [2.24, 2.45) is 0 Å². The molecule has 1 saturated carbocycles. The third kappa shape index (κ3) is 1.13. The predicted octanol–water partition coefficient (Wildman–Crippen LogP) is 3.18. The van der Waals surface area contributed by atoms with E-state index in [0.717, 1.165) is 12.8 Å². The summed E-state index contributed by atoms with van der Waals surface area (Å²) in [6, 6.07) is 2.14. The first-order valence-corrected chi connectivity index (χ1v) is 5.16. The third-order valence-corrected chi connectivity index (χ3v) is 3.65. The van der Waals surface area contributed by atoms with Crippen LogP contribution >= 0.6 is 27.3 Å². The molecule has 1 aliphatic carbocycles. The van der Waals surface area contributed by atoms with E-state index in [1.807, 2.05) is 0 Å². The van der Waals surface area contributed by atoms with Crippen LogP contribution in [0.2, 0.25) is 0 Å². The van der Waals surface area contributed by atoms with Crippen LogP contribution < -0.4 is 0 Å². The highest BCUT2D eigenvalue weighted by atomic mass is 79.9. The van der Waals surface area contributed by atoms with Gasteiger partial charge in [-0.1, -0.05) is 5.92 Å². The largest absolute Gasteiger partial charge is 0.136 e. The lowest BCUT2D eigenvalue weighted by atomic mass is 10.0. The van der Waals surface area contributed by atoms with Crippen LogP contribution in [0.5, 0.6) is 0 Å². The molecular formula is C9H7BrS. The van der Waals surface area contributed by atoms with Crippen LogP contribution in [0.25, 0.3) is 0 Å². The Labute approximate surface area is 78.8 Å². The zero-order valence-electron chi connectivity index (χ0n) is 5.93. The van der Waals surface area contributed by atoms with Crippen molar-refractivity contribution in [2.75, 3.05) is 0 Å². The van der Waals surface area contributed by atoms with Crippen molar-refractivity contribution in [3.8, 4) is 12.3 Å². The molecule has 1 aromatic heterocycles. The summed E-state index contributed by atoms with van der Waals surface area (Å²) in [7, 11) is 0. The van der Waals surface area contributed by atoms with Crippen LogP contribution in [0.15, 0.2) is 15.2 Å². The van der Waals surface area contributed by atoms with Gasteiger partial charge in [-0.15, -0.1) is 17.8 Å². The lowest BCUT2D eigenvalue weighted by Gasteiger charge is -2.01. The molecule has 0 nitrogen and oxygen atoms in total. The average Bonchev–Trinajstić information content (AvgIpc) is 2.70. The molecule has 1 aliphatic rings. The van der Waals surface area contributed by atoms with E-state index in [1.165, 1.54) is 9.35 Å². The molecule has 0 atom stereocenters. The normalized spacial score (nSPS) is 19.3. The molecule has 11 heavy (non-hydrogen) atoms. The molecule has 1 aromatic rings. The fraction of sp³-hybridized carbons (Fsp3) is 0.333. The molecule has 0 saturated heterocycles. The van der Waals surface area contributed by atoms with Crippen LogP contribution in [0.1, 0.15) is 18.4 Å². The zero-order valence-corrected chi connectivity index (χ0v) is 8.33. The monoisotopic (exact) mass is 226 g/mol. The summed E-state index contributed by atoms with van der Waals surface area (Å²) in [5, 5.41) is 2.15. The molecule has 0 aliphatic heterocycles. The second kappa shape index (κ2) is 2.36. The van der Waals surface area contributed by atoms with Gasteiger partial charge in [-0.3, -0.25) is 0 Å². The summed E-state index contributed by atoms with van der Waals surface area (Å²) < 4.78 is 1.18. The Bertz CT molecular complexity index is 315. The van der Waals surface area contributed by atoms with Crippen molar-refractivity contribution in [2.45, 2.75) is 18.3 Å². The van der Waals surface area contributed by atoms with Crippen molar-refractivity contribution in [1.29, 1.82) is 0 Å². The van der Waals surface area contributed by atoms with E-state index < -0.39 is 0 Å². The predicted molar refractivity (Wildman–Crippen MR) is 51.8 cm³/mol. The maximum Gasteiger partial charge on any atom is 0.0701 e. The molecule has 56 valence electrons. The maximum absolute atomic E-state index is 5.45. The zero-order chi connectivity index (χ0) is 7.90. The van der Waals surface area contributed by atoms with Crippen LogP contribution in [0.3, 0.4) is 0 Å². The molecule has 0 N–H and O–H groups in total. The highest BCUT2D eigenvalue weighted by Crippen LogP contribution is 2.49. The van der Waals surface area contributed by atoms with Crippen molar-refractivity contribution in [3.63, 3.8) is 0 Å². The molecule has 1 heterocycles. The van der Waals surface area contributed by atoms with Crippen LogP contribution in [-0.2, 0) is 5.41 Å². The van der Waals surface area contributed by atoms with Gasteiger partial charge in [0.15, 0.2) is 0 Å². The number of hydrogen-bond acceptors (Lipinski definition) is 1. The van der Waals surface area contributed by atoms with Gasteiger partial charge in [0.05, 0.1) is 9.20 Å². The van der Waals surface area contributed by atoms with Gasteiger partial charge in [0.1, 0.15) is 0 Å². The van der Waals surface area contributed by atoms with E-state index >= 15 is 0 Å².